The standard InChI is InChI=1S/C21H25ClN2O3/c22-19-8-6-18(7-9-19)21(17-4-2-1-3-5-17)24-12-10-23(11-13-24)14-15-27-16-20(25)26/h1-9,21H,10-16H2,(H,25,26)/i1D,2D,3D,4D,5D,6D,7D,8D,9D,10D2,11D2,12D2,13D2,14D2,15D2,16D2,21D/hD. The van der Waals surface area contributed by atoms with Crippen molar-refractivity contribution in [3.05, 3.63) is 70.5 Å². The van der Waals surface area contributed by atoms with Gasteiger partial charge < -0.3 is 9.85 Å². The van der Waals surface area contributed by atoms with Gasteiger partial charge in [0.15, 0.2) is 0 Å². The van der Waals surface area contributed by atoms with Crippen LogP contribution >= 0.6 is 11.6 Å². The quantitative estimate of drug-likeness (QED) is 0.720. The van der Waals surface area contributed by atoms with Gasteiger partial charge >= 0.3 is 5.97 Å². The molecule has 144 valence electrons. The third-order valence-corrected chi connectivity index (χ3v) is 2.87. The summed E-state index contributed by atoms with van der Waals surface area (Å²) in [5.74, 6) is -2.30. The second-order valence-electron chi connectivity index (χ2n) is 4.36. The fourth-order valence-electron chi connectivity index (χ4n) is 1.69. The Balaban J connectivity index is 2.64. The van der Waals surface area contributed by atoms with E-state index in [1.165, 1.54) is 0 Å². The number of aliphatic carboxylic acids is 1. The molecule has 0 aliphatic carbocycles. The van der Waals surface area contributed by atoms with Crippen LogP contribution in [0.15, 0.2) is 54.4 Å². The van der Waals surface area contributed by atoms with Crippen molar-refractivity contribution < 1.29 is 47.5 Å². The van der Waals surface area contributed by atoms with Gasteiger partial charge in [0.2, 0.25) is 0 Å². The zero-order chi connectivity index (χ0) is 41.1. The van der Waals surface area contributed by atoms with E-state index in [0.29, 0.717) is 0 Å². The van der Waals surface area contributed by atoms with Crippen molar-refractivity contribution in [1.82, 2.24) is 9.80 Å². The van der Waals surface area contributed by atoms with Crippen molar-refractivity contribution in [3.8, 4) is 0 Å². The molecule has 0 aromatic heterocycles. The van der Waals surface area contributed by atoms with Gasteiger partial charge in [-0.2, -0.15) is 0 Å². The van der Waals surface area contributed by atoms with Crippen LogP contribution in [0, 0.1) is 0 Å². The molecule has 0 bridgehead atoms. The first-order valence-corrected chi connectivity index (χ1v) is 7.23. The Morgan fingerprint density at radius 1 is 1.22 bits per heavy atom. The highest BCUT2D eigenvalue weighted by Crippen LogP contribution is 2.30. The van der Waals surface area contributed by atoms with Gasteiger partial charge in [-0.3, -0.25) is 9.80 Å². The largest absolute Gasteiger partial charge is 0.480 e. The second kappa shape index (κ2) is 9.85. The number of carboxylic acid groups (broad SMARTS) is 1. The summed E-state index contributed by atoms with van der Waals surface area (Å²) >= 11 is 5.89. The summed E-state index contributed by atoms with van der Waals surface area (Å²) < 4.78 is 214. The Labute approximate surface area is 200 Å². The maximum Gasteiger partial charge on any atom is 0.329 e. The van der Waals surface area contributed by atoms with Crippen LogP contribution < -0.4 is 0 Å². The minimum Gasteiger partial charge on any atom is -0.480 e. The Bertz CT molecular complexity index is 1660. The van der Waals surface area contributed by atoms with Crippen molar-refractivity contribution in [2.75, 3.05) is 45.6 Å². The van der Waals surface area contributed by atoms with Gasteiger partial charge in [0.25, 0.3) is 1.43 Å². The van der Waals surface area contributed by atoms with Crippen molar-refractivity contribution in [2.45, 2.75) is 6.02 Å². The topological polar surface area (TPSA) is 53.0 Å². The molecule has 3 rings (SSSR count). The van der Waals surface area contributed by atoms with Crippen molar-refractivity contribution >= 4 is 17.6 Å². The summed E-state index contributed by atoms with van der Waals surface area (Å²) in [5.41, 5.74) is -3.12. The third kappa shape index (κ3) is 5.78. The van der Waals surface area contributed by atoms with Crippen molar-refractivity contribution in [2.24, 2.45) is 0 Å². The molecule has 1 saturated heterocycles. The van der Waals surface area contributed by atoms with Crippen LogP contribution in [0.2, 0.25) is 5.02 Å². The molecular weight excluding hydrogens is 364 g/mol. The van der Waals surface area contributed by atoms with Gasteiger partial charge in [-0.1, -0.05) is 53.9 Å². The SMILES string of the molecule is [2H]OC(=O)C([2H])([2H])OC([2H])([2H])C([2H])([2H])N1C([2H])([2H])C([2H])([2H])N(C([2H])(c2c([2H])c([2H])c([2H])c([2H])c2[2H])c2c([2H])c([2H])c(Cl)c([2H])c2[2H])C([2H])([2H])C1([2H])[2H]. The maximum atomic E-state index is 11.7. The normalized spacial score (nSPS) is 40.4. The highest BCUT2D eigenvalue weighted by Gasteiger charge is 2.26. The van der Waals surface area contributed by atoms with Gasteiger partial charge in [0.1, 0.15) is 6.56 Å². The number of nitrogens with zero attached hydrogens (tertiary/aromatic N) is 2. The zero-order valence-corrected chi connectivity index (χ0v) is 13.8. The molecule has 5 nitrogen and oxygen atoms in total. The summed E-state index contributed by atoms with van der Waals surface area (Å²) in [6.45, 7) is -31.5. The number of hydrogen-bond acceptors (Lipinski definition) is 5. The molecule has 1 unspecified atom stereocenters. The van der Waals surface area contributed by atoms with Crippen LogP contribution in [-0.4, -0.2) is 66.5 Å². The highest BCUT2D eigenvalue weighted by molar-refractivity contribution is 6.30. The van der Waals surface area contributed by atoms with Crippen LogP contribution in [0.1, 0.15) is 50.0 Å². The minimum absolute atomic E-state index is 0.793. The number of carboxylic acids is 1. The lowest BCUT2D eigenvalue weighted by atomic mass is 9.96. The van der Waals surface area contributed by atoms with Crippen LogP contribution in [0.4, 0.5) is 0 Å². The van der Waals surface area contributed by atoms with Crippen LogP contribution in [-0.2, 0) is 9.53 Å². The molecule has 1 heterocycles. The summed E-state index contributed by atoms with van der Waals surface area (Å²) in [4.78, 5) is 9.83. The molecule has 2 aromatic rings. The zero-order valence-electron chi connectivity index (χ0n) is 38.0. The van der Waals surface area contributed by atoms with E-state index in [2.05, 4.69) is 9.85 Å². The van der Waals surface area contributed by atoms with E-state index >= 15 is 0 Å². The molecule has 0 amide bonds. The van der Waals surface area contributed by atoms with E-state index in [1.807, 2.05) is 0 Å². The molecular formula is C21H25ClN2O3. The van der Waals surface area contributed by atoms with E-state index < -0.39 is 138 Å². The lowest BCUT2D eigenvalue weighted by molar-refractivity contribution is -0.142. The van der Waals surface area contributed by atoms with E-state index in [1.54, 1.807) is 0 Å². The second-order valence-corrected chi connectivity index (χ2v) is 4.74. The lowest BCUT2D eigenvalue weighted by Gasteiger charge is -2.39. The monoisotopic (exact) mass is 413 g/mol. The number of rotatable bonds is 8. The molecule has 0 spiro atoms. The molecule has 1 aliphatic heterocycles. The highest BCUT2D eigenvalue weighted by atomic mass is 35.5. The fourth-order valence-corrected chi connectivity index (χ4v) is 1.79. The summed E-state index contributed by atoms with van der Waals surface area (Å²) in [6, 6.07) is -16.2. The third-order valence-electron chi connectivity index (χ3n) is 2.68. The Hall–Kier alpha value is -1.92. The molecule has 1 N–H and O–H groups in total. The minimum atomic E-state index is -4.62. The molecule has 0 saturated carbocycles. The molecule has 1 aliphatic rings. The van der Waals surface area contributed by atoms with Gasteiger partial charge in [-0.25, -0.2) is 4.79 Å². The summed E-state index contributed by atoms with van der Waals surface area (Å²) in [6.07, 6.45) is 0. The summed E-state index contributed by atoms with van der Waals surface area (Å²) in [7, 11) is 0. The number of piperazine rings is 1. The van der Waals surface area contributed by atoms with Gasteiger partial charge in [0.05, 0.1) is 31.8 Å². The van der Waals surface area contributed by atoms with Gasteiger partial charge in [-0.05, 0) is 23.2 Å². The number of halogens is 1. The van der Waals surface area contributed by atoms with E-state index in [9.17, 15) is 6.17 Å². The number of benzene rings is 2. The first-order valence-electron chi connectivity index (χ1n) is 19.3. The predicted octanol–water partition coefficient (Wildman–Crippen LogP) is 3.15. The molecule has 1 atom stereocenters. The van der Waals surface area contributed by atoms with E-state index in [0.717, 1.165) is 0 Å². The Kier molecular flexibility index (Phi) is 1.96. The predicted molar refractivity (Wildman–Crippen MR) is 106 cm³/mol. The van der Waals surface area contributed by atoms with Crippen LogP contribution in [0.3, 0.4) is 0 Å². The van der Waals surface area contributed by atoms with Crippen molar-refractivity contribution in [3.63, 3.8) is 0 Å². The van der Waals surface area contributed by atoms with E-state index in [4.69, 9.17) is 44.6 Å². The van der Waals surface area contributed by atoms with Gasteiger partial charge in [-0.15, -0.1) is 0 Å². The molecule has 0 radical (unpaired) electrons. The summed E-state index contributed by atoms with van der Waals surface area (Å²) in [5, 5.41) is 2.43. The van der Waals surface area contributed by atoms with Crippen LogP contribution in [0.5, 0.6) is 0 Å². The fraction of sp³-hybridized carbons (Fsp3) is 0.381. The van der Waals surface area contributed by atoms with Crippen LogP contribution in [0.25, 0.3) is 1.43 Å². The number of hydrogen-bond donors (Lipinski definition) is 1. The maximum absolute atomic E-state index is 11.7. The first kappa shape index (κ1) is 5.36. The Morgan fingerprint density at radius 3 is 2.56 bits per heavy atom. The number of ether oxygens (including phenoxy) is 1. The van der Waals surface area contributed by atoms with Crippen molar-refractivity contribution in [1.29, 1.82) is 1.43 Å². The molecule has 27 heavy (non-hydrogen) atoms. The lowest BCUT2D eigenvalue weighted by Crippen LogP contribution is -2.48. The average Bonchev–Trinajstić information content (AvgIpc) is 2.98. The van der Waals surface area contributed by atoms with Gasteiger partial charge in [0, 0.05) is 51.2 Å². The number of carbonyl (C=O) groups is 1. The molecule has 1 fully saturated rings. The smallest absolute Gasteiger partial charge is 0.329 e. The Morgan fingerprint density at radius 2 is 1.89 bits per heavy atom. The first-order chi connectivity index (χ1) is 23.0. The average molecular weight is 414 g/mol. The molecule has 2 aromatic carbocycles. The van der Waals surface area contributed by atoms with E-state index in [-0.39, 0.29) is 0 Å². The molecule has 6 heteroatoms.